The van der Waals surface area contributed by atoms with Crippen molar-refractivity contribution in [1.29, 1.82) is 0 Å². The van der Waals surface area contributed by atoms with E-state index in [1.165, 1.54) is 4.88 Å². The first-order chi connectivity index (χ1) is 9.78. The smallest absolute Gasteiger partial charge is 0.225 e. The number of fused-ring (bicyclic) bond motifs is 1. The highest BCUT2D eigenvalue weighted by atomic mass is 35.5. The number of thiophene rings is 1. The zero-order valence-corrected chi connectivity index (χ0v) is 14.5. The standard InChI is InChI=1S/C15H22ClN3OS/c1-5-10-6-11-12(18-14(16)19-13(11)21-10)17-8-9(20)7-15(2,3)4/h6,9,20H,5,7-8H2,1-4H3,(H,17,18,19). The normalized spacial score (nSPS) is 13.6. The number of aromatic nitrogens is 2. The molecule has 2 heterocycles. The Balaban J connectivity index is 2.16. The molecule has 0 fully saturated rings. The van der Waals surface area contributed by atoms with Crippen molar-refractivity contribution in [2.75, 3.05) is 11.9 Å². The minimum Gasteiger partial charge on any atom is -0.391 e. The third-order valence-electron chi connectivity index (χ3n) is 3.12. The van der Waals surface area contributed by atoms with Crippen molar-refractivity contribution < 1.29 is 5.11 Å². The van der Waals surface area contributed by atoms with Gasteiger partial charge in [-0.25, -0.2) is 9.97 Å². The maximum Gasteiger partial charge on any atom is 0.225 e. The molecule has 2 N–H and O–H groups in total. The Kier molecular flexibility index (Phi) is 5.07. The van der Waals surface area contributed by atoms with Crippen molar-refractivity contribution in [1.82, 2.24) is 9.97 Å². The molecule has 0 amide bonds. The summed E-state index contributed by atoms with van der Waals surface area (Å²) in [7, 11) is 0. The van der Waals surface area contributed by atoms with Crippen LogP contribution >= 0.6 is 22.9 Å². The Bertz CT molecular complexity index is 621. The van der Waals surface area contributed by atoms with E-state index < -0.39 is 6.10 Å². The maximum atomic E-state index is 10.1. The van der Waals surface area contributed by atoms with E-state index in [-0.39, 0.29) is 10.7 Å². The summed E-state index contributed by atoms with van der Waals surface area (Å²) in [4.78, 5) is 10.7. The van der Waals surface area contributed by atoms with Gasteiger partial charge in [0.2, 0.25) is 5.28 Å². The molecule has 6 heteroatoms. The monoisotopic (exact) mass is 327 g/mol. The summed E-state index contributed by atoms with van der Waals surface area (Å²) in [6.45, 7) is 8.91. The molecule has 0 bridgehead atoms. The van der Waals surface area contributed by atoms with Crippen molar-refractivity contribution in [2.45, 2.75) is 46.6 Å². The van der Waals surface area contributed by atoms with E-state index in [0.717, 1.165) is 23.1 Å². The second-order valence-electron chi connectivity index (χ2n) is 6.43. The van der Waals surface area contributed by atoms with E-state index in [1.54, 1.807) is 11.3 Å². The third-order valence-corrected chi connectivity index (χ3v) is 4.46. The molecule has 2 rings (SSSR count). The minimum atomic E-state index is -0.418. The van der Waals surface area contributed by atoms with Crippen LogP contribution in [0.3, 0.4) is 0 Å². The van der Waals surface area contributed by atoms with Crippen LogP contribution in [0, 0.1) is 5.41 Å². The summed E-state index contributed by atoms with van der Waals surface area (Å²) in [5.74, 6) is 0.703. The van der Waals surface area contributed by atoms with Crippen LogP contribution in [0.25, 0.3) is 10.2 Å². The Labute approximate surface area is 134 Å². The highest BCUT2D eigenvalue weighted by Crippen LogP contribution is 2.30. The predicted octanol–water partition coefficient (Wildman–Crippen LogP) is 4.12. The van der Waals surface area contributed by atoms with E-state index in [1.807, 2.05) is 0 Å². The molecule has 0 radical (unpaired) electrons. The van der Waals surface area contributed by atoms with Gasteiger partial charge in [-0.15, -0.1) is 11.3 Å². The number of halogens is 1. The molecule has 1 unspecified atom stereocenters. The SMILES string of the molecule is CCc1cc2c(NCC(O)CC(C)(C)C)nc(Cl)nc2s1. The van der Waals surface area contributed by atoms with Gasteiger partial charge in [0.1, 0.15) is 10.6 Å². The average molecular weight is 328 g/mol. The van der Waals surface area contributed by atoms with E-state index >= 15 is 0 Å². The molecule has 0 aliphatic heterocycles. The van der Waals surface area contributed by atoms with Crippen molar-refractivity contribution in [2.24, 2.45) is 5.41 Å². The molecule has 4 nitrogen and oxygen atoms in total. The second-order valence-corrected chi connectivity index (χ2v) is 7.88. The number of hydrogen-bond acceptors (Lipinski definition) is 5. The van der Waals surface area contributed by atoms with Gasteiger partial charge in [-0.2, -0.15) is 0 Å². The van der Waals surface area contributed by atoms with Gasteiger partial charge in [-0.3, -0.25) is 0 Å². The van der Waals surface area contributed by atoms with Gasteiger partial charge in [0.15, 0.2) is 0 Å². The minimum absolute atomic E-state index is 0.0947. The predicted molar refractivity (Wildman–Crippen MR) is 90.4 cm³/mol. The lowest BCUT2D eigenvalue weighted by molar-refractivity contribution is 0.132. The van der Waals surface area contributed by atoms with Crippen LogP contribution in [0.1, 0.15) is 39.0 Å². The molecule has 0 aliphatic rings. The van der Waals surface area contributed by atoms with Gasteiger partial charge in [0, 0.05) is 11.4 Å². The number of hydrogen-bond donors (Lipinski definition) is 2. The highest BCUT2D eigenvalue weighted by Gasteiger charge is 2.17. The molecule has 116 valence electrons. The molecule has 0 saturated carbocycles. The van der Waals surface area contributed by atoms with Crippen LogP contribution in [0.4, 0.5) is 5.82 Å². The van der Waals surface area contributed by atoms with E-state index in [0.29, 0.717) is 12.4 Å². The fourth-order valence-corrected chi connectivity index (χ4v) is 3.43. The van der Waals surface area contributed by atoms with Gasteiger partial charge in [-0.05, 0) is 35.9 Å². The zero-order chi connectivity index (χ0) is 15.6. The Morgan fingerprint density at radius 3 is 2.71 bits per heavy atom. The molecule has 0 aliphatic carbocycles. The molecule has 0 spiro atoms. The summed E-state index contributed by atoms with van der Waals surface area (Å²) in [6.07, 6.45) is 1.27. The Hall–Kier alpha value is -0.910. The van der Waals surface area contributed by atoms with Crippen LogP contribution < -0.4 is 5.32 Å². The van der Waals surface area contributed by atoms with Crippen LogP contribution in [-0.2, 0) is 6.42 Å². The number of aryl methyl sites for hydroxylation is 1. The van der Waals surface area contributed by atoms with Gasteiger partial charge >= 0.3 is 0 Å². The summed E-state index contributed by atoms with van der Waals surface area (Å²) in [6, 6.07) is 2.09. The van der Waals surface area contributed by atoms with Crippen LogP contribution in [0.5, 0.6) is 0 Å². The fraction of sp³-hybridized carbons (Fsp3) is 0.600. The molecule has 21 heavy (non-hydrogen) atoms. The van der Waals surface area contributed by atoms with Crippen LogP contribution in [-0.4, -0.2) is 27.7 Å². The molecular weight excluding hydrogens is 306 g/mol. The average Bonchev–Trinajstić information content (AvgIpc) is 2.76. The third kappa shape index (κ3) is 4.53. The first kappa shape index (κ1) is 16.5. The van der Waals surface area contributed by atoms with Crippen LogP contribution in [0.15, 0.2) is 6.07 Å². The van der Waals surface area contributed by atoms with E-state index in [9.17, 15) is 5.11 Å². The topological polar surface area (TPSA) is 58.0 Å². The Morgan fingerprint density at radius 2 is 2.10 bits per heavy atom. The first-order valence-corrected chi connectivity index (χ1v) is 8.36. The molecule has 0 saturated heterocycles. The number of aliphatic hydroxyl groups is 1. The molecular formula is C15H22ClN3OS. The number of nitrogens with one attached hydrogen (secondary N) is 1. The maximum absolute atomic E-state index is 10.1. The van der Waals surface area contributed by atoms with Crippen molar-refractivity contribution in [3.05, 3.63) is 16.2 Å². The van der Waals surface area contributed by atoms with Gasteiger partial charge in [-0.1, -0.05) is 27.7 Å². The second kappa shape index (κ2) is 6.46. The first-order valence-electron chi connectivity index (χ1n) is 7.16. The zero-order valence-electron chi connectivity index (χ0n) is 12.9. The summed E-state index contributed by atoms with van der Waals surface area (Å²) in [5.41, 5.74) is 0.0947. The number of nitrogens with zero attached hydrogens (tertiary/aromatic N) is 2. The summed E-state index contributed by atoms with van der Waals surface area (Å²) >= 11 is 7.61. The van der Waals surface area contributed by atoms with Crippen molar-refractivity contribution in [3.8, 4) is 0 Å². The molecule has 0 aromatic carbocycles. The van der Waals surface area contributed by atoms with Crippen molar-refractivity contribution >= 4 is 39.0 Å². The number of anilines is 1. The fourth-order valence-electron chi connectivity index (χ4n) is 2.25. The molecule has 2 aromatic rings. The lowest BCUT2D eigenvalue weighted by atomic mass is 9.89. The summed E-state index contributed by atoms with van der Waals surface area (Å²) in [5, 5.41) is 14.5. The van der Waals surface area contributed by atoms with Crippen molar-refractivity contribution in [3.63, 3.8) is 0 Å². The van der Waals surface area contributed by atoms with Gasteiger partial charge in [0.05, 0.1) is 11.5 Å². The van der Waals surface area contributed by atoms with Gasteiger partial charge < -0.3 is 10.4 Å². The highest BCUT2D eigenvalue weighted by molar-refractivity contribution is 7.18. The number of rotatable bonds is 5. The quantitative estimate of drug-likeness (QED) is 0.811. The largest absolute Gasteiger partial charge is 0.391 e. The van der Waals surface area contributed by atoms with E-state index in [2.05, 4.69) is 49.0 Å². The lowest BCUT2D eigenvalue weighted by Crippen LogP contribution is -2.25. The Morgan fingerprint density at radius 1 is 1.38 bits per heavy atom. The molecule has 2 aromatic heterocycles. The number of aliphatic hydroxyl groups excluding tert-OH is 1. The molecule has 1 atom stereocenters. The van der Waals surface area contributed by atoms with Gasteiger partial charge in [0.25, 0.3) is 0 Å². The summed E-state index contributed by atoms with van der Waals surface area (Å²) < 4.78 is 0. The van der Waals surface area contributed by atoms with Crippen LogP contribution in [0.2, 0.25) is 5.28 Å². The lowest BCUT2D eigenvalue weighted by Gasteiger charge is -2.22. The van der Waals surface area contributed by atoms with E-state index in [4.69, 9.17) is 11.6 Å².